The maximum Gasteiger partial charge on any atom is 0.101 e. The van der Waals surface area contributed by atoms with Crippen molar-refractivity contribution in [3.8, 4) is 28.6 Å². The summed E-state index contributed by atoms with van der Waals surface area (Å²) in [5.74, 6) is 0. The molecular formula is C50H31N3S2. The molecule has 258 valence electrons. The van der Waals surface area contributed by atoms with Gasteiger partial charge in [-0.2, -0.15) is 5.26 Å². The zero-order chi connectivity index (χ0) is 36.8. The van der Waals surface area contributed by atoms with Gasteiger partial charge in [-0.3, -0.25) is 0 Å². The van der Waals surface area contributed by atoms with Crippen LogP contribution in [0.2, 0.25) is 0 Å². The summed E-state index contributed by atoms with van der Waals surface area (Å²) >= 11 is 3.69. The van der Waals surface area contributed by atoms with Crippen LogP contribution in [0.15, 0.2) is 158 Å². The van der Waals surface area contributed by atoms with E-state index in [1.165, 1.54) is 73.3 Å². The molecule has 0 atom stereocenters. The molecule has 3 nitrogen and oxygen atoms in total. The van der Waals surface area contributed by atoms with Gasteiger partial charge >= 0.3 is 0 Å². The molecule has 0 saturated carbocycles. The molecule has 5 heteroatoms. The van der Waals surface area contributed by atoms with Gasteiger partial charge in [0.1, 0.15) is 6.07 Å². The Bertz CT molecular complexity index is 3480. The average molecular weight is 738 g/mol. The molecule has 0 amide bonds. The Labute approximate surface area is 325 Å². The summed E-state index contributed by atoms with van der Waals surface area (Å²) in [7, 11) is 0. The Morgan fingerprint density at radius 1 is 0.582 bits per heavy atom. The van der Waals surface area contributed by atoms with E-state index >= 15 is 0 Å². The predicted octanol–water partition coefficient (Wildman–Crippen LogP) is 14.5. The molecule has 11 aromatic rings. The van der Waals surface area contributed by atoms with E-state index in [0.29, 0.717) is 5.56 Å². The molecule has 0 radical (unpaired) electrons. The number of thiophene rings is 2. The SMILES string of the molecule is C=C/C=C\c1c(C)sc2c1ccc1c3ccccc3n(-c3cccc(-c4ccc(C#N)c(-n5c6ccccc6c6cc7sc8ccccc8c7cc65)c4)c3)c12. The highest BCUT2D eigenvalue weighted by Gasteiger charge is 2.20. The van der Waals surface area contributed by atoms with Crippen LogP contribution in [0.3, 0.4) is 0 Å². The van der Waals surface area contributed by atoms with Crippen LogP contribution in [0.4, 0.5) is 0 Å². The summed E-state index contributed by atoms with van der Waals surface area (Å²) in [6, 6.07) is 52.8. The van der Waals surface area contributed by atoms with E-state index in [4.69, 9.17) is 0 Å². The molecule has 4 aromatic heterocycles. The molecule has 0 aliphatic heterocycles. The number of nitriles is 1. The fourth-order valence-corrected chi connectivity index (χ4v) is 10.9. The standard InChI is InChI=1S/C50H31N3S2/c1-3-4-14-35-30(2)54-50-40(35)24-23-39-36-15-5-8-18-43(36)52(49(39)50)34-13-11-12-31(25-34)32-21-22-33(29-51)45(26-32)53-44-19-9-6-16-37(44)41-28-48-42(27-46(41)53)38-17-7-10-20-47(38)55-48/h3-28H,1H2,2H3/b14-4-. The van der Waals surface area contributed by atoms with E-state index < -0.39 is 0 Å². The van der Waals surface area contributed by atoms with E-state index in [0.717, 1.165) is 33.5 Å². The minimum Gasteiger partial charge on any atom is -0.308 e. The Hall–Kier alpha value is -6.71. The zero-order valence-corrected chi connectivity index (χ0v) is 31.5. The monoisotopic (exact) mass is 737 g/mol. The van der Waals surface area contributed by atoms with Gasteiger partial charge in [0, 0.05) is 57.7 Å². The average Bonchev–Trinajstić information content (AvgIpc) is 3.96. The summed E-state index contributed by atoms with van der Waals surface area (Å²) in [5.41, 5.74) is 10.6. The van der Waals surface area contributed by atoms with Crippen LogP contribution in [0.25, 0.3) is 102 Å². The van der Waals surface area contributed by atoms with Crippen LogP contribution in [0.5, 0.6) is 0 Å². The molecule has 0 aliphatic carbocycles. The zero-order valence-electron chi connectivity index (χ0n) is 29.9. The van der Waals surface area contributed by atoms with E-state index in [9.17, 15) is 5.26 Å². The Kier molecular flexibility index (Phi) is 7.03. The van der Waals surface area contributed by atoms with Crippen LogP contribution in [0.1, 0.15) is 16.0 Å². The number of benzene rings is 7. The second kappa shape index (κ2) is 12.2. The molecule has 0 aliphatic rings. The predicted molar refractivity (Wildman–Crippen MR) is 238 cm³/mol. The molecular weight excluding hydrogens is 707 g/mol. The Morgan fingerprint density at radius 2 is 1.31 bits per heavy atom. The van der Waals surface area contributed by atoms with Gasteiger partial charge in [0.15, 0.2) is 0 Å². The highest BCUT2D eigenvalue weighted by molar-refractivity contribution is 7.25. The Morgan fingerprint density at radius 3 is 2.13 bits per heavy atom. The topological polar surface area (TPSA) is 33.6 Å². The largest absolute Gasteiger partial charge is 0.308 e. The minimum absolute atomic E-state index is 0.636. The first kappa shape index (κ1) is 31.8. The lowest BCUT2D eigenvalue weighted by molar-refractivity contribution is 1.17. The van der Waals surface area contributed by atoms with Crippen molar-refractivity contribution in [3.63, 3.8) is 0 Å². The first-order valence-electron chi connectivity index (χ1n) is 18.4. The summed E-state index contributed by atoms with van der Waals surface area (Å²) < 4.78 is 8.56. The second-order valence-corrected chi connectivity index (χ2v) is 16.4. The molecule has 4 heterocycles. The molecule has 0 saturated heterocycles. The highest BCUT2D eigenvalue weighted by Crippen LogP contribution is 2.44. The number of hydrogen-bond donors (Lipinski definition) is 0. The van der Waals surface area contributed by atoms with Gasteiger partial charge in [0.2, 0.25) is 0 Å². The van der Waals surface area contributed by atoms with Crippen LogP contribution in [0, 0.1) is 18.3 Å². The maximum atomic E-state index is 10.6. The summed E-state index contributed by atoms with van der Waals surface area (Å²) in [6.07, 6.45) is 6.03. The summed E-state index contributed by atoms with van der Waals surface area (Å²) in [6.45, 7) is 6.11. The van der Waals surface area contributed by atoms with E-state index in [-0.39, 0.29) is 0 Å². The summed E-state index contributed by atoms with van der Waals surface area (Å²) in [5, 5.41) is 19.2. The third kappa shape index (κ3) is 4.66. The van der Waals surface area contributed by atoms with E-state index in [1.807, 2.05) is 40.9 Å². The van der Waals surface area contributed by atoms with Gasteiger partial charge in [-0.1, -0.05) is 110 Å². The van der Waals surface area contributed by atoms with E-state index in [2.05, 4.69) is 168 Å². The van der Waals surface area contributed by atoms with Gasteiger partial charge in [0.05, 0.1) is 38.0 Å². The fraction of sp³-hybridized carbons (Fsp3) is 0.0200. The van der Waals surface area contributed by atoms with Gasteiger partial charge in [-0.05, 0) is 78.2 Å². The van der Waals surface area contributed by atoms with Gasteiger partial charge in [-0.15, -0.1) is 22.7 Å². The summed E-state index contributed by atoms with van der Waals surface area (Å²) in [4.78, 5) is 1.29. The molecule has 7 aromatic carbocycles. The van der Waals surface area contributed by atoms with Crippen LogP contribution >= 0.6 is 22.7 Å². The number of rotatable bonds is 5. The van der Waals surface area contributed by atoms with Crippen molar-refractivity contribution in [2.24, 2.45) is 0 Å². The smallest absolute Gasteiger partial charge is 0.101 e. The third-order valence-corrected chi connectivity index (χ3v) is 13.4. The lowest BCUT2D eigenvalue weighted by Crippen LogP contribution is -1.99. The van der Waals surface area contributed by atoms with Gasteiger partial charge in [0.25, 0.3) is 0 Å². The van der Waals surface area contributed by atoms with E-state index in [1.54, 1.807) is 0 Å². The minimum atomic E-state index is 0.636. The first-order valence-corrected chi connectivity index (χ1v) is 20.0. The van der Waals surface area contributed by atoms with Crippen LogP contribution < -0.4 is 0 Å². The number of para-hydroxylation sites is 2. The van der Waals surface area contributed by atoms with Crippen molar-refractivity contribution in [1.82, 2.24) is 9.13 Å². The molecule has 0 bridgehead atoms. The van der Waals surface area contributed by atoms with Gasteiger partial charge < -0.3 is 9.13 Å². The normalized spacial score (nSPS) is 12.1. The van der Waals surface area contributed by atoms with Crippen molar-refractivity contribution in [2.75, 3.05) is 0 Å². The maximum absolute atomic E-state index is 10.6. The first-order chi connectivity index (χ1) is 27.1. The number of nitrogens with zero attached hydrogens (tertiary/aromatic N) is 3. The van der Waals surface area contributed by atoms with Crippen molar-refractivity contribution >= 4 is 103 Å². The quantitative estimate of drug-likeness (QED) is 0.162. The second-order valence-electron chi connectivity index (χ2n) is 14.1. The molecule has 0 unspecified atom stereocenters. The third-order valence-electron chi connectivity index (χ3n) is 11.1. The van der Waals surface area contributed by atoms with Crippen molar-refractivity contribution in [2.45, 2.75) is 6.92 Å². The Balaban J connectivity index is 1.14. The molecule has 0 spiro atoms. The fourth-order valence-electron chi connectivity index (χ4n) is 8.64. The number of aromatic nitrogens is 2. The molecule has 55 heavy (non-hydrogen) atoms. The number of aryl methyl sites for hydroxylation is 1. The van der Waals surface area contributed by atoms with Crippen molar-refractivity contribution in [1.29, 1.82) is 5.26 Å². The van der Waals surface area contributed by atoms with Gasteiger partial charge in [-0.25, -0.2) is 0 Å². The molecule has 11 rings (SSSR count). The number of hydrogen-bond acceptors (Lipinski definition) is 3. The highest BCUT2D eigenvalue weighted by atomic mass is 32.1. The molecule has 0 fully saturated rings. The lowest BCUT2D eigenvalue weighted by atomic mass is 10.0. The van der Waals surface area contributed by atoms with Crippen LogP contribution in [-0.2, 0) is 0 Å². The number of fused-ring (bicyclic) bond motifs is 11. The van der Waals surface area contributed by atoms with Crippen molar-refractivity contribution in [3.05, 3.63) is 174 Å². The molecule has 0 N–H and O–H groups in total. The van der Waals surface area contributed by atoms with Crippen molar-refractivity contribution < 1.29 is 0 Å². The number of allylic oxidation sites excluding steroid dienone is 2. The lowest BCUT2D eigenvalue weighted by Gasteiger charge is -2.14. The van der Waals surface area contributed by atoms with Crippen LogP contribution in [-0.4, -0.2) is 9.13 Å².